The Kier molecular flexibility index (Phi) is 6.41. The van der Waals surface area contributed by atoms with Crippen molar-refractivity contribution in [3.63, 3.8) is 0 Å². The number of aromatic nitrogens is 3. The Morgan fingerprint density at radius 3 is 2.35 bits per heavy atom. The minimum absolute atomic E-state index is 0.318. The van der Waals surface area contributed by atoms with Crippen LogP contribution in [0.25, 0.3) is 28.2 Å². The molecule has 2 aliphatic heterocycles. The number of hydrazone groups is 1. The number of nitrogens with zero attached hydrogens (tertiary/aromatic N) is 6. The van der Waals surface area contributed by atoms with Crippen LogP contribution in [0.4, 0.5) is 18.9 Å². The van der Waals surface area contributed by atoms with E-state index in [-0.39, 0.29) is 6.04 Å². The van der Waals surface area contributed by atoms with Gasteiger partial charge in [0.15, 0.2) is 17.1 Å². The van der Waals surface area contributed by atoms with Crippen LogP contribution < -0.4 is 14.5 Å². The number of ether oxygens (including phenoxy) is 2. The highest BCUT2D eigenvalue weighted by molar-refractivity contribution is 5.96. The van der Waals surface area contributed by atoms with Gasteiger partial charge in [0.2, 0.25) is 0 Å². The van der Waals surface area contributed by atoms with E-state index in [0.29, 0.717) is 35.8 Å². The summed E-state index contributed by atoms with van der Waals surface area (Å²) in [5.74, 6) is 0.561. The first kappa shape index (κ1) is 26.1. The van der Waals surface area contributed by atoms with Crippen molar-refractivity contribution in [3.8, 4) is 34.0 Å². The van der Waals surface area contributed by atoms with E-state index in [2.05, 4.69) is 10.1 Å². The molecule has 11 heteroatoms. The van der Waals surface area contributed by atoms with E-state index in [1.165, 1.54) is 0 Å². The standard InChI is InChI=1S/C29H29F3N6O2/c1-17-27(38-26(33-17)12-10-22(34-38)19-7-11-24(39-3)25(15-19)40-4)18-5-8-20(9-6-18)37-23-13-14-36(2)16-21(23)28(35-37)29(30,31)32/h5-12,15,21,23H,13-14,16H2,1-4H3. The maximum Gasteiger partial charge on any atom is 0.431 e. The lowest BCUT2D eigenvalue weighted by Gasteiger charge is -2.36. The van der Waals surface area contributed by atoms with Gasteiger partial charge < -0.3 is 14.4 Å². The third kappa shape index (κ3) is 4.43. The lowest BCUT2D eigenvalue weighted by Crippen LogP contribution is -2.48. The van der Waals surface area contributed by atoms with Crippen molar-refractivity contribution in [1.82, 2.24) is 19.5 Å². The Labute approximate surface area is 229 Å². The molecule has 0 amide bonds. The number of anilines is 1. The predicted molar refractivity (Wildman–Crippen MR) is 147 cm³/mol. The van der Waals surface area contributed by atoms with Crippen LogP contribution in [0.2, 0.25) is 0 Å². The fourth-order valence-electron chi connectivity index (χ4n) is 5.74. The summed E-state index contributed by atoms with van der Waals surface area (Å²) in [5, 5.41) is 10.5. The second-order valence-electron chi connectivity index (χ2n) is 10.2. The highest BCUT2D eigenvalue weighted by Crippen LogP contribution is 2.39. The summed E-state index contributed by atoms with van der Waals surface area (Å²) < 4.78 is 54.1. The van der Waals surface area contributed by atoms with Gasteiger partial charge in [0.25, 0.3) is 0 Å². The van der Waals surface area contributed by atoms with Crippen LogP contribution in [0.15, 0.2) is 59.7 Å². The average molecular weight is 551 g/mol. The van der Waals surface area contributed by atoms with E-state index in [0.717, 1.165) is 34.8 Å². The molecule has 0 saturated carbocycles. The zero-order chi connectivity index (χ0) is 28.2. The largest absolute Gasteiger partial charge is 0.493 e. The van der Waals surface area contributed by atoms with Gasteiger partial charge in [0, 0.05) is 23.6 Å². The highest BCUT2D eigenvalue weighted by Gasteiger charge is 2.51. The van der Waals surface area contributed by atoms with Crippen LogP contribution in [0.5, 0.6) is 11.5 Å². The first-order valence-electron chi connectivity index (χ1n) is 13.0. The first-order valence-corrected chi connectivity index (χ1v) is 13.0. The minimum Gasteiger partial charge on any atom is -0.493 e. The molecule has 4 heterocycles. The van der Waals surface area contributed by atoms with E-state index in [9.17, 15) is 13.2 Å². The number of hydrogen-bond acceptors (Lipinski definition) is 7. The van der Waals surface area contributed by atoms with Crippen molar-refractivity contribution < 1.29 is 22.6 Å². The summed E-state index contributed by atoms with van der Waals surface area (Å²) in [4.78, 5) is 6.61. The fourth-order valence-corrected chi connectivity index (χ4v) is 5.74. The number of rotatable bonds is 5. The lowest BCUT2D eigenvalue weighted by atomic mass is 9.88. The van der Waals surface area contributed by atoms with Crippen molar-refractivity contribution in [1.29, 1.82) is 0 Å². The number of aryl methyl sites for hydroxylation is 1. The Morgan fingerprint density at radius 1 is 0.925 bits per heavy atom. The van der Waals surface area contributed by atoms with E-state index in [1.54, 1.807) is 23.7 Å². The maximum atomic E-state index is 13.8. The number of methoxy groups -OCH3 is 2. The monoisotopic (exact) mass is 550 g/mol. The number of halogens is 3. The molecule has 1 saturated heterocycles. The number of fused-ring (bicyclic) bond motifs is 2. The van der Waals surface area contributed by atoms with Crippen LogP contribution >= 0.6 is 0 Å². The summed E-state index contributed by atoms with van der Waals surface area (Å²) in [6.45, 7) is 2.98. The lowest BCUT2D eigenvalue weighted by molar-refractivity contribution is -0.0633. The molecule has 0 radical (unpaired) electrons. The van der Waals surface area contributed by atoms with E-state index in [1.807, 2.05) is 73.5 Å². The summed E-state index contributed by atoms with van der Waals surface area (Å²) in [5.41, 5.74) is 4.65. The zero-order valence-electron chi connectivity index (χ0n) is 22.6. The van der Waals surface area contributed by atoms with Crippen LogP contribution in [-0.4, -0.2) is 71.8 Å². The molecule has 2 aliphatic rings. The topological polar surface area (TPSA) is 67.5 Å². The van der Waals surface area contributed by atoms with Crippen molar-refractivity contribution >= 4 is 17.0 Å². The predicted octanol–water partition coefficient (Wildman–Crippen LogP) is 5.45. The molecule has 2 aromatic carbocycles. The van der Waals surface area contributed by atoms with E-state index >= 15 is 0 Å². The summed E-state index contributed by atoms with van der Waals surface area (Å²) >= 11 is 0. The van der Waals surface area contributed by atoms with Crippen molar-refractivity contribution in [2.45, 2.75) is 25.6 Å². The molecular formula is C29H29F3N6O2. The summed E-state index contributed by atoms with van der Waals surface area (Å²) in [7, 11) is 5.03. The minimum atomic E-state index is -4.46. The van der Waals surface area contributed by atoms with Gasteiger partial charge in [0.05, 0.1) is 43.0 Å². The molecule has 2 atom stereocenters. The van der Waals surface area contributed by atoms with Crippen molar-refractivity contribution in [2.24, 2.45) is 11.0 Å². The number of alkyl halides is 3. The molecule has 2 unspecified atom stereocenters. The fraction of sp³-hybridized carbons (Fsp3) is 0.345. The van der Waals surface area contributed by atoms with Gasteiger partial charge in [-0.05, 0) is 69.4 Å². The Hall–Kier alpha value is -4.12. The van der Waals surface area contributed by atoms with Gasteiger partial charge in [-0.1, -0.05) is 12.1 Å². The quantitative estimate of drug-likeness (QED) is 0.329. The van der Waals surface area contributed by atoms with Crippen LogP contribution in [-0.2, 0) is 0 Å². The molecular weight excluding hydrogens is 521 g/mol. The molecule has 2 aromatic heterocycles. The van der Waals surface area contributed by atoms with Gasteiger partial charge >= 0.3 is 6.18 Å². The molecule has 6 rings (SSSR count). The molecule has 0 aliphatic carbocycles. The summed E-state index contributed by atoms with van der Waals surface area (Å²) in [6.07, 6.45) is -3.85. The van der Waals surface area contributed by atoms with Gasteiger partial charge in [-0.2, -0.15) is 23.4 Å². The van der Waals surface area contributed by atoms with Gasteiger partial charge in [-0.3, -0.25) is 5.01 Å². The van der Waals surface area contributed by atoms with Crippen LogP contribution in [0.3, 0.4) is 0 Å². The van der Waals surface area contributed by atoms with Crippen LogP contribution in [0, 0.1) is 12.8 Å². The Bertz CT molecular complexity index is 1600. The Balaban J connectivity index is 1.35. The van der Waals surface area contributed by atoms with E-state index < -0.39 is 17.8 Å². The SMILES string of the molecule is COc1ccc(-c2ccc3nc(C)c(-c4ccc(N5N=C(C(F)(F)F)C6CN(C)CCC65)cc4)n3n2)cc1OC. The number of likely N-dealkylation sites (tertiary alicyclic amines) is 1. The smallest absolute Gasteiger partial charge is 0.431 e. The third-order valence-corrected chi connectivity index (χ3v) is 7.69. The number of hydrogen-bond donors (Lipinski definition) is 0. The first-order chi connectivity index (χ1) is 19.2. The number of benzene rings is 2. The van der Waals surface area contributed by atoms with Gasteiger partial charge in [-0.15, -0.1) is 0 Å². The number of imidazole rings is 1. The second-order valence-corrected chi connectivity index (χ2v) is 10.2. The summed E-state index contributed by atoms with van der Waals surface area (Å²) in [6, 6.07) is 16.5. The molecule has 0 spiro atoms. The zero-order valence-corrected chi connectivity index (χ0v) is 22.6. The molecule has 0 N–H and O–H groups in total. The van der Waals surface area contributed by atoms with Gasteiger partial charge in [-0.25, -0.2) is 9.50 Å². The molecule has 8 nitrogen and oxygen atoms in total. The normalized spacial score (nSPS) is 19.6. The molecule has 208 valence electrons. The van der Waals surface area contributed by atoms with Gasteiger partial charge in [0.1, 0.15) is 5.71 Å². The molecule has 1 fully saturated rings. The Morgan fingerprint density at radius 2 is 1.65 bits per heavy atom. The van der Waals surface area contributed by atoms with Crippen molar-refractivity contribution in [3.05, 3.63) is 60.3 Å². The molecule has 0 bridgehead atoms. The third-order valence-electron chi connectivity index (χ3n) is 7.69. The molecule has 4 aromatic rings. The highest BCUT2D eigenvalue weighted by atomic mass is 19.4. The van der Waals surface area contributed by atoms with Crippen molar-refractivity contribution in [2.75, 3.05) is 39.4 Å². The van der Waals surface area contributed by atoms with E-state index in [4.69, 9.17) is 14.6 Å². The average Bonchev–Trinajstić information content (AvgIpc) is 3.49. The number of piperidine rings is 1. The van der Waals surface area contributed by atoms with Crippen LogP contribution in [0.1, 0.15) is 12.1 Å². The second kappa shape index (κ2) is 9.81. The maximum absolute atomic E-state index is 13.8. The molecule has 40 heavy (non-hydrogen) atoms.